The molecule has 3 rings (SSSR count). The van der Waals surface area contributed by atoms with Gasteiger partial charge in [-0.2, -0.15) is 0 Å². The molecule has 8 amide bonds. The summed E-state index contributed by atoms with van der Waals surface area (Å²) >= 11 is 0. The first kappa shape index (κ1) is 51.9. The number of hydrogen-bond acceptors (Lipinski definition) is 11. The third kappa shape index (κ3) is 18.8. The van der Waals surface area contributed by atoms with E-state index in [1.54, 1.807) is 54.7 Å². The highest BCUT2D eigenvalue weighted by atomic mass is 16.4. The van der Waals surface area contributed by atoms with Gasteiger partial charge < -0.3 is 58.8 Å². The summed E-state index contributed by atoms with van der Waals surface area (Å²) in [5, 5.41) is 28.1. The summed E-state index contributed by atoms with van der Waals surface area (Å²) in [6.07, 6.45) is 4.96. The Kier molecular flexibility index (Phi) is 22.0. The van der Waals surface area contributed by atoms with Crippen LogP contribution >= 0.6 is 0 Å². The van der Waals surface area contributed by atoms with Gasteiger partial charge in [0.25, 0.3) is 0 Å². The summed E-state index contributed by atoms with van der Waals surface area (Å²) < 4.78 is 0. The smallest absolute Gasteiger partial charge is 0.305 e. The van der Waals surface area contributed by atoms with Crippen LogP contribution in [-0.2, 0) is 60.8 Å². The minimum Gasteiger partial charge on any atom is -0.481 e. The maximum atomic E-state index is 14.2. The van der Waals surface area contributed by atoms with Crippen LogP contribution in [0.5, 0.6) is 0 Å². The van der Waals surface area contributed by atoms with E-state index in [-0.39, 0.29) is 38.8 Å². The van der Waals surface area contributed by atoms with E-state index in [4.69, 9.17) is 11.5 Å². The number of aromatic amines is 1. The van der Waals surface area contributed by atoms with Gasteiger partial charge in [0, 0.05) is 49.5 Å². The van der Waals surface area contributed by atoms with Crippen LogP contribution in [0, 0.1) is 0 Å². The van der Waals surface area contributed by atoms with Crippen LogP contribution in [0.3, 0.4) is 0 Å². The van der Waals surface area contributed by atoms with Gasteiger partial charge in [0.05, 0.1) is 13.0 Å². The van der Waals surface area contributed by atoms with Crippen LogP contribution in [-0.4, -0.2) is 119 Å². The molecule has 0 unspecified atom stereocenters. The zero-order valence-corrected chi connectivity index (χ0v) is 36.1. The Hall–Kier alpha value is -7.42. The number of aromatic nitrogens is 1. The van der Waals surface area contributed by atoms with Crippen molar-refractivity contribution in [1.29, 1.82) is 0 Å². The molecule has 1 heterocycles. The van der Waals surface area contributed by atoms with Crippen LogP contribution in [0.2, 0.25) is 0 Å². The molecule has 0 aliphatic rings. The molecule has 13 N–H and O–H groups in total. The lowest BCUT2D eigenvalue weighted by Gasteiger charge is -2.26. The molecule has 21 nitrogen and oxygen atoms in total. The fourth-order valence-electron chi connectivity index (χ4n) is 6.69. The molecule has 0 spiro atoms. The minimum absolute atomic E-state index is 0.00790. The van der Waals surface area contributed by atoms with E-state index in [1.807, 2.05) is 6.07 Å². The molecular weight excluding hydrogens is 845 g/mol. The van der Waals surface area contributed by atoms with Gasteiger partial charge in [-0.15, -0.1) is 0 Å². The lowest BCUT2D eigenvalue weighted by Crippen LogP contribution is -2.59. The van der Waals surface area contributed by atoms with Crippen LogP contribution < -0.4 is 48.7 Å². The molecule has 0 saturated heterocycles. The molecule has 0 aliphatic heterocycles. The maximum absolute atomic E-state index is 14.2. The van der Waals surface area contributed by atoms with E-state index in [0.717, 1.165) is 23.1 Å². The normalized spacial score (nSPS) is 13.3. The summed E-state index contributed by atoms with van der Waals surface area (Å²) in [5.41, 5.74) is 13.3. The zero-order valence-electron chi connectivity index (χ0n) is 36.1. The average molecular weight is 903 g/mol. The fraction of sp³-hybridized carbons (Fsp3) is 0.409. The average Bonchev–Trinajstić information content (AvgIpc) is 3.68. The summed E-state index contributed by atoms with van der Waals surface area (Å²) in [7, 11) is 0. The number of nitrogens with one attached hydrogen (secondary N) is 8. The van der Waals surface area contributed by atoms with Gasteiger partial charge in [0.15, 0.2) is 0 Å². The summed E-state index contributed by atoms with van der Waals surface area (Å²) in [5.74, 6) is -7.57. The Morgan fingerprint density at radius 3 is 1.97 bits per heavy atom. The van der Waals surface area contributed by atoms with Crippen LogP contribution in [0.4, 0.5) is 0 Å². The molecule has 350 valence electrons. The van der Waals surface area contributed by atoms with Crippen molar-refractivity contribution < 1.29 is 53.1 Å². The van der Waals surface area contributed by atoms with Gasteiger partial charge >= 0.3 is 5.97 Å². The first-order chi connectivity index (χ1) is 31.1. The number of amides is 8. The fourth-order valence-corrected chi connectivity index (χ4v) is 6.69. The first-order valence-electron chi connectivity index (χ1n) is 21.1. The Morgan fingerprint density at radius 2 is 1.31 bits per heavy atom. The Labute approximate surface area is 375 Å². The van der Waals surface area contributed by atoms with Crippen LogP contribution in [0.1, 0.15) is 63.0 Å². The number of nitrogens with two attached hydrogens (primary N) is 2. The van der Waals surface area contributed by atoms with E-state index in [2.05, 4.69) is 42.2 Å². The maximum Gasteiger partial charge on any atom is 0.305 e. The number of fused-ring (bicyclic) bond motifs is 1. The van der Waals surface area contributed by atoms with Gasteiger partial charge in [-0.05, 0) is 68.3 Å². The quantitative estimate of drug-likeness (QED) is 0.0219. The Morgan fingerprint density at radius 1 is 0.692 bits per heavy atom. The number of rotatable bonds is 29. The highest BCUT2D eigenvalue weighted by molar-refractivity contribution is 5.98. The number of aldehydes is 1. The molecule has 0 fully saturated rings. The number of para-hydroxylation sites is 1. The second kappa shape index (κ2) is 27.6. The SMILES string of the molecule is CC(=O)N[C@@H](CCCCNC(=O)C=CC=O)C(=O)NCC(=O)N[C@@H](Cc1c[nH]c2ccccc12)C(=O)N[C@@H](CCCCN)C(=O)N[C@@H](CC(=O)O)C(=O)N[C@@H](Cc1ccccc1)C(N)=O. The largest absolute Gasteiger partial charge is 0.481 e. The van der Waals surface area contributed by atoms with E-state index in [9.17, 15) is 53.1 Å². The van der Waals surface area contributed by atoms with Crippen molar-refractivity contribution in [2.24, 2.45) is 11.5 Å². The first-order valence-corrected chi connectivity index (χ1v) is 21.1. The zero-order chi connectivity index (χ0) is 47.7. The number of carbonyl (C=O) groups excluding carboxylic acids is 9. The van der Waals surface area contributed by atoms with Gasteiger partial charge in [0.2, 0.25) is 47.3 Å². The molecule has 1 aromatic heterocycles. The number of unbranched alkanes of at least 4 members (excludes halogenated alkanes) is 2. The molecule has 0 bridgehead atoms. The highest BCUT2D eigenvalue weighted by Gasteiger charge is 2.33. The second-order valence-corrected chi connectivity index (χ2v) is 15.1. The number of carbonyl (C=O) groups is 10. The summed E-state index contributed by atoms with van der Waals surface area (Å²) in [6.45, 7) is 1.08. The van der Waals surface area contributed by atoms with Crippen LogP contribution in [0.25, 0.3) is 10.9 Å². The Balaban J connectivity index is 1.78. The molecule has 0 radical (unpaired) electrons. The number of allylic oxidation sites excluding steroid dienone is 1. The highest BCUT2D eigenvalue weighted by Crippen LogP contribution is 2.19. The second-order valence-electron chi connectivity index (χ2n) is 15.1. The van der Waals surface area contributed by atoms with Crippen molar-refractivity contribution in [3.8, 4) is 0 Å². The predicted molar refractivity (Wildman–Crippen MR) is 237 cm³/mol. The number of aliphatic carboxylic acids is 1. The van der Waals surface area contributed by atoms with Crippen molar-refractivity contribution in [2.45, 2.75) is 94.9 Å². The lowest BCUT2D eigenvalue weighted by atomic mass is 10.0. The van der Waals surface area contributed by atoms with Gasteiger partial charge in [-0.1, -0.05) is 48.5 Å². The number of hydrogen-bond donors (Lipinski definition) is 11. The molecule has 21 heteroatoms. The number of benzene rings is 2. The molecule has 2 aromatic carbocycles. The molecule has 3 aromatic rings. The van der Waals surface area contributed by atoms with E-state index >= 15 is 0 Å². The summed E-state index contributed by atoms with van der Waals surface area (Å²) in [6, 6.07) is 9.11. The van der Waals surface area contributed by atoms with Crippen LogP contribution in [0.15, 0.2) is 72.9 Å². The minimum atomic E-state index is -1.70. The molecule has 5 atom stereocenters. The Bertz CT molecular complexity index is 2160. The number of H-pyrrole nitrogens is 1. The predicted octanol–water partition coefficient (Wildman–Crippen LogP) is -1.36. The molecule has 0 saturated carbocycles. The number of carboxylic acids is 1. The van der Waals surface area contributed by atoms with Gasteiger partial charge in [0.1, 0.15) is 36.5 Å². The van der Waals surface area contributed by atoms with Crippen molar-refractivity contribution in [3.63, 3.8) is 0 Å². The number of carboxylic acid groups (broad SMARTS) is 1. The number of primary amides is 1. The van der Waals surface area contributed by atoms with Crippen molar-refractivity contribution in [3.05, 3.63) is 84.1 Å². The van der Waals surface area contributed by atoms with Gasteiger partial charge in [-0.25, -0.2) is 0 Å². The van der Waals surface area contributed by atoms with Crippen molar-refractivity contribution in [2.75, 3.05) is 19.6 Å². The monoisotopic (exact) mass is 902 g/mol. The van der Waals surface area contributed by atoms with E-state index in [1.165, 1.54) is 6.92 Å². The topological polar surface area (TPSA) is 343 Å². The van der Waals surface area contributed by atoms with Crippen molar-refractivity contribution in [1.82, 2.24) is 42.2 Å². The molecular formula is C44H58N10O11. The van der Waals surface area contributed by atoms with Gasteiger partial charge in [-0.3, -0.25) is 47.9 Å². The molecule has 0 aliphatic carbocycles. The summed E-state index contributed by atoms with van der Waals surface area (Å²) in [4.78, 5) is 129. The van der Waals surface area contributed by atoms with E-state index in [0.29, 0.717) is 43.1 Å². The molecule has 65 heavy (non-hydrogen) atoms. The standard InChI is InChI=1S/C44H58N10O11/c1-27(56)50-32(17-8-10-20-47-37(57)18-11-21-55)41(62)49-26-38(58)51-35(23-29-25-48-31-15-6-5-14-30(29)31)43(64)52-33(16-7-9-19-45)42(63)54-36(24-39(59)60)44(65)53-34(40(46)61)22-28-12-3-2-4-13-28/h2-6,11-15,18,21,25,32-36,48H,7-10,16-17,19-20,22-24,26,45H2,1H3,(H2,46,61)(H,47,57)(H,49,62)(H,50,56)(H,51,58)(H,52,64)(H,53,65)(H,54,63)(H,59,60)/t32-,33-,34-,35-,36-/m0/s1. The lowest BCUT2D eigenvalue weighted by molar-refractivity contribution is -0.141. The van der Waals surface area contributed by atoms with E-state index < -0.39 is 96.4 Å². The third-order valence-electron chi connectivity index (χ3n) is 9.95. The third-order valence-corrected chi connectivity index (χ3v) is 9.95. The van der Waals surface area contributed by atoms with Crippen molar-refractivity contribution >= 4 is 70.4 Å².